The summed E-state index contributed by atoms with van der Waals surface area (Å²) in [5, 5.41) is 6.76. The maximum Gasteiger partial charge on any atom is 0.410 e. The maximum atomic E-state index is 14.0. The van der Waals surface area contributed by atoms with Crippen molar-refractivity contribution >= 4 is 66.0 Å². The molecular formula is C55H68N12O7S2. The monoisotopic (exact) mass is 1070 g/mol. The zero-order valence-electron chi connectivity index (χ0n) is 44.0. The van der Waals surface area contributed by atoms with Gasteiger partial charge in [0.2, 0.25) is 26.0 Å². The molecule has 0 radical (unpaired) electrons. The summed E-state index contributed by atoms with van der Waals surface area (Å²) in [5.41, 5.74) is 2.65. The van der Waals surface area contributed by atoms with E-state index in [9.17, 15) is 26.4 Å². The van der Waals surface area contributed by atoms with Crippen molar-refractivity contribution in [3.05, 3.63) is 145 Å². The van der Waals surface area contributed by atoms with Gasteiger partial charge < -0.3 is 34.7 Å². The summed E-state index contributed by atoms with van der Waals surface area (Å²) in [4.78, 5) is 49.3. The maximum absolute atomic E-state index is 14.0. The number of piperidine rings is 2. The third kappa shape index (κ3) is 12.4. The number of anilines is 2. The fourth-order valence-corrected chi connectivity index (χ4v) is 12.4. The second kappa shape index (κ2) is 23.0. The second-order valence-corrected chi connectivity index (χ2v) is 24.0. The Balaban J connectivity index is 0.000000239. The summed E-state index contributed by atoms with van der Waals surface area (Å²) >= 11 is 0. The fraction of sp³-hybridized carbons (Fsp3) is 0.382. The average molecular weight is 1070 g/mol. The number of amides is 2. The van der Waals surface area contributed by atoms with Crippen molar-refractivity contribution in [3.63, 3.8) is 0 Å². The number of nitrogens with zero attached hydrogens (tertiary/aromatic N) is 7. The summed E-state index contributed by atoms with van der Waals surface area (Å²) in [6, 6.07) is 29.7. The summed E-state index contributed by atoms with van der Waals surface area (Å²) in [7, 11) is -7.69. The number of ether oxygens (including phenoxy) is 1. The SMILES string of the molecule is C=CC(=O)N1CCC(Nc2cnc3[nH]cc(S(=O)(=O)NC(C)C)c3n2)CC1.CC(C)NS(=O)(=O)c1cn(C(c2ccccc2)(c2ccccc2)c2ccccc2)c2ncc(NC3CCN(C(=O)OC(C)(C)C)CC3)nc12. The van der Waals surface area contributed by atoms with Gasteiger partial charge >= 0.3 is 6.09 Å². The molecule has 2 saturated heterocycles. The number of fused-ring (bicyclic) bond motifs is 2. The molecule has 3 aromatic carbocycles. The van der Waals surface area contributed by atoms with E-state index >= 15 is 0 Å². The van der Waals surface area contributed by atoms with E-state index in [1.54, 1.807) is 56.1 Å². The number of hydrogen-bond acceptors (Lipinski definition) is 13. The Labute approximate surface area is 445 Å². The van der Waals surface area contributed by atoms with E-state index in [4.69, 9.17) is 14.7 Å². The van der Waals surface area contributed by atoms with Gasteiger partial charge in [-0.25, -0.2) is 51.0 Å². The zero-order valence-corrected chi connectivity index (χ0v) is 45.7. The van der Waals surface area contributed by atoms with Gasteiger partial charge in [-0.1, -0.05) is 97.6 Å². The van der Waals surface area contributed by atoms with Crippen LogP contribution in [0.25, 0.3) is 22.3 Å². The number of hydrogen-bond donors (Lipinski definition) is 5. The van der Waals surface area contributed by atoms with Crippen molar-refractivity contribution in [1.82, 2.24) is 48.7 Å². The Morgan fingerprint density at radius 3 is 1.58 bits per heavy atom. The minimum Gasteiger partial charge on any atom is -0.444 e. The van der Waals surface area contributed by atoms with E-state index in [2.05, 4.69) is 78.0 Å². The molecule has 0 unspecified atom stereocenters. The molecule has 19 nitrogen and oxygen atoms in total. The van der Waals surface area contributed by atoms with Crippen LogP contribution in [0.1, 0.15) is 90.8 Å². The predicted octanol–water partition coefficient (Wildman–Crippen LogP) is 8.00. The summed E-state index contributed by atoms with van der Waals surface area (Å²) in [6.45, 7) is 18.5. The molecule has 5 N–H and O–H groups in total. The molecule has 6 heterocycles. The van der Waals surface area contributed by atoms with Crippen LogP contribution in [0.4, 0.5) is 16.4 Å². The minimum absolute atomic E-state index is 0.0124. The van der Waals surface area contributed by atoms with Gasteiger partial charge in [0.1, 0.15) is 43.6 Å². The van der Waals surface area contributed by atoms with Crippen LogP contribution in [0.5, 0.6) is 0 Å². The number of benzene rings is 3. The molecule has 2 amide bonds. The Bertz CT molecular complexity index is 3270. The van der Waals surface area contributed by atoms with Crippen LogP contribution in [0.15, 0.2) is 138 Å². The van der Waals surface area contributed by atoms with Gasteiger partial charge in [-0.15, -0.1) is 0 Å². The normalized spacial score (nSPS) is 15.2. The molecule has 402 valence electrons. The van der Waals surface area contributed by atoms with Gasteiger partial charge in [-0.05, 0) is 96.9 Å². The lowest BCUT2D eigenvalue weighted by Crippen LogP contribution is -2.44. The van der Waals surface area contributed by atoms with E-state index < -0.39 is 31.2 Å². The molecule has 2 aliphatic rings. The molecule has 0 atom stereocenters. The van der Waals surface area contributed by atoms with Gasteiger partial charge in [0.05, 0.1) is 12.4 Å². The third-order valence-electron chi connectivity index (χ3n) is 12.9. The first-order chi connectivity index (χ1) is 36.2. The Morgan fingerprint density at radius 1 is 0.671 bits per heavy atom. The van der Waals surface area contributed by atoms with Crippen molar-refractivity contribution in [2.45, 2.75) is 119 Å². The number of aromatic nitrogens is 6. The van der Waals surface area contributed by atoms with E-state index in [-0.39, 0.29) is 51.5 Å². The van der Waals surface area contributed by atoms with Crippen LogP contribution in [-0.2, 0) is 35.1 Å². The number of carbonyl (C=O) groups is 2. The molecule has 2 aliphatic heterocycles. The second-order valence-electron chi connectivity index (χ2n) is 20.6. The minimum atomic E-state index is -4.01. The molecule has 0 aliphatic carbocycles. The lowest BCUT2D eigenvalue weighted by atomic mass is 9.76. The highest BCUT2D eigenvalue weighted by Crippen LogP contribution is 2.44. The summed E-state index contributed by atoms with van der Waals surface area (Å²) in [5.74, 6) is 0.915. The predicted molar refractivity (Wildman–Crippen MR) is 295 cm³/mol. The number of rotatable bonds is 15. The number of aromatic amines is 1. The van der Waals surface area contributed by atoms with E-state index in [1.165, 1.54) is 12.3 Å². The van der Waals surface area contributed by atoms with Crippen LogP contribution in [0, 0.1) is 0 Å². The third-order valence-corrected chi connectivity index (χ3v) is 16.3. The standard InChI is InChI=1S/C38H44N6O4S.C17H24N6O3S/c1-27(2)42-49(46,47)32-26-44(38(28-15-9-6-10-16-28,29-17-11-7-12-18-29)30-19-13-8-14-20-30)35-34(32)41-33(25-39-35)40-31-21-23-43(24-22-31)36(45)48-37(3,4)5;1-4-15(24)23-7-5-12(6-8-23)20-14-10-19-17-16(21-14)13(9-18-17)27(25,26)22-11(2)3/h6-20,25-27,31,42H,21-24H2,1-5H3,(H,40,41);4,9-12,22H,1,5-8H2,2-3H3,(H,18,19)(H,20,21). The highest BCUT2D eigenvalue weighted by atomic mass is 32.2. The molecular weight excluding hydrogens is 1000 g/mol. The molecule has 0 bridgehead atoms. The van der Waals surface area contributed by atoms with Gasteiger partial charge in [0.25, 0.3) is 0 Å². The van der Waals surface area contributed by atoms with Gasteiger partial charge in [-0.2, -0.15) is 0 Å². The quantitative estimate of drug-likeness (QED) is 0.0484. The van der Waals surface area contributed by atoms with E-state index in [0.29, 0.717) is 67.5 Å². The van der Waals surface area contributed by atoms with Gasteiger partial charge in [0, 0.05) is 62.7 Å². The molecule has 2 fully saturated rings. The lowest BCUT2D eigenvalue weighted by molar-refractivity contribution is -0.126. The van der Waals surface area contributed by atoms with E-state index in [1.807, 2.05) is 79.9 Å². The molecule has 21 heteroatoms. The first-order valence-corrected chi connectivity index (χ1v) is 28.5. The Hall–Kier alpha value is -7.20. The number of nitrogens with one attached hydrogen (secondary N) is 5. The van der Waals surface area contributed by atoms with Crippen molar-refractivity contribution in [2.24, 2.45) is 0 Å². The fourth-order valence-electron chi connectivity index (χ4n) is 9.66. The number of carbonyl (C=O) groups excluding carboxylic acids is 2. The summed E-state index contributed by atoms with van der Waals surface area (Å²) in [6.07, 6.45) is 10.2. The molecule has 0 spiro atoms. The Morgan fingerprint density at radius 2 is 1.12 bits per heavy atom. The van der Waals surface area contributed by atoms with Crippen LogP contribution in [0.2, 0.25) is 0 Å². The first kappa shape index (κ1) is 55.0. The lowest BCUT2D eigenvalue weighted by Gasteiger charge is -2.38. The largest absolute Gasteiger partial charge is 0.444 e. The number of H-pyrrole nitrogens is 1. The molecule has 7 aromatic rings. The van der Waals surface area contributed by atoms with Crippen LogP contribution < -0.4 is 20.1 Å². The zero-order chi connectivity index (χ0) is 54.4. The smallest absolute Gasteiger partial charge is 0.410 e. The highest BCUT2D eigenvalue weighted by molar-refractivity contribution is 7.90. The molecule has 4 aromatic heterocycles. The van der Waals surface area contributed by atoms with Crippen molar-refractivity contribution in [1.29, 1.82) is 0 Å². The Kier molecular flexibility index (Phi) is 16.6. The number of sulfonamides is 2. The number of likely N-dealkylation sites (tertiary alicyclic amines) is 2. The van der Waals surface area contributed by atoms with Crippen molar-refractivity contribution < 1.29 is 31.2 Å². The van der Waals surface area contributed by atoms with Gasteiger partial charge in [0.15, 0.2) is 11.3 Å². The van der Waals surface area contributed by atoms with E-state index in [0.717, 1.165) is 29.5 Å². The van der Waals surface area contributed by atoms with Crippen molar-refractivity contribution in [3.8, 4) is 0 Å². The highest BCUT2D eigenvalue weighted by Gasteiger charge is 2.42. The van der Waals surface area contributed by atoms with Crippen LogP contribution in [0.3, 0.4) is 0 Å². The summed E-state index contributed by atoms with van der Waals surface area (Å²) < 4.78 is 65.9. The molecule has 76 heavy (non-hydrogen) atoms. The first-order valence-electron chi connectivity index (χ1n) is 25.5. The van der Waals surface area contributed by atoms with Crippen LogP contribution >= 0.6 is 0 Å². The van der Waals surface area contributed by atoms with Crippen LogP contribution in [-0.4, -0.2) is 124 Å². The molecule has 9 rings (SSSR count). The van der Waals surface area contributed by atoms with Gasteiger partial charge in [-0.3, -0.25) is 4.79 Å². The topological polar surface area (TPSA) is 239 Å². The molecule has 0 saturated carbocycles. The average Bonchev–Trinajstić information content (AvgIpc) is 4.06. The van der Waals surface area contributed by atoms with Crippen molar-refractivity contribution in [2.75, 3.05) is 36.8 Å².